The lowest BCUT2D eigenvalue weighted by molar-refractivity contribution is -0.142. The van der Waals surface area contributed by atoms with Crippen molar-refractivity contribution >= 4 is 35.2 Å². The second-order valence-electron chi connectivity index (χ2n) is 6.24. The summed E-state index contributed by atoms with van der Waals surface area (Å²) in [6.07, 6.45) is 3.93. The van der Waals surface area contributed by atoms with Gasteiger partial charge in [0.2, 0.25) is 5.91 Å². The third kappa shape index (κ3) is 5.26. The molecule has 0 saturated carbocycles. The van der Waals surface area contributed by atoms with Crippen LogP contribution in [0.15, 0.2) is 54.6 Å². The highest BCUT2D eigenvalue weighted by Crippen LogP contribution is 2.22. The van der Waals surface area contributed by atoms with Gasteiger partial charge in [0.1, 0.15) is 5.82 Å². The van der Waals surface area contributed by atoms with Crippen molar-refractivity contribution in [2.24, 2.45) is 0 Å². The van der Waals surface area contributed by atoms with Crippen LogP contribution in [0, 0.1) is 5.82 Å². The molecule has 0 radical (unpaired) electrons. The third-order valence-corrected chi connectivity index (χ3v) is 4.14. The fourth-order valence-corrected chi connectivity index (χ4v) is 2.80. The van der Waals surface area contributed by atoms with Crippen molar-refractivity contribution in [2.75, 3.05) is 23.4 Å². The molecule has 2 aromatic rings. The summed E-state index contributed by atoms with van der Waals surface area (Å²) in [4.78, 5) is 37.0. The first-order valence-electron chi connectivity index (χ1n) is 8.82. The number of nitrogens with zero attached hydrogens (tertiary/aromatic N) is 1. The van der Waals surface area contributed by atoms with Crippen LogP contribution < -0.4 is 10.2 Å². The molecule has 0 unspecified atom stereocenters. The van der Waals surface area contributed by atoms with Crippen LogP contribution in [-0.4, -0.2) is 30.9 Å². The molecule has 0 aromatic heterocycles. The topological polar surface area (TPSA) is 75.7 Å². The van der Waals surface area contributed by atoms with Gasteiger partial charge in [0.05, 0.1) is 0 Å². The molecule has 0 spiro atoms. The normalized spacial score (nSPS) is 13.8. The first-order valence-corrected chi connectivity index (χ1v) is 8.82. The summed E-state index contributed by atoms with van der Waals surface area (Å²) in [7, 11) is 0. The lowest BCUT2D eigenvalue weighted by Gasteiger charge is -2.16. The fourth-order valence-electron chi connectivity index (χ4n) is 2.80. The predicted molar refractivity (Wildman–Crippen MR) is 103 cm³/mol. The number of rotatable bonds is 6. The van der Waals surface area contributed by atoms with Gasteiger partial charge in [0.15, 0.2) is 6.61 Å². The maximum Gasteiger partial charge on any atom is 0.331 e. The van der Waals surface area contributed by atoms with Crippen LogP contribution in [0.4, 0.5) is 15.8 Å². The Morgan fingerprint density at radius 3 is 2.64 bits per heavy atom. The second kappa shape index (κ2) is 8.94. The van der Waals surface area contributed by atoms with E-state index in [1.165, 1.54) is 24.3 Å². The van der Waals surface area contributed by atoms with Gasteiger partial charge >= 0.3 is 5.97 Å². The summed E-state index contributed by atoms with van der Waals surface area (Å²) in [6.45, 7) is 0.252. The molecule has 1 saturated heterocycles. The molecule has 0 bridgehead atoms. The molecule has 0 atom stereocenters. The monoisotopic (exact) mass is 382 g/mol. The molecule has 1 N–H and O–H groups in total. The zero-order valence-electron chi connectivity index (χ0n) is 15.1. The third-order valence-electron chi connectivity index (χ3n) is 4.14. The Hall–Kier alpha value is -3.48. The molecule has 144 valence electrons. The van der Waals surface area contributed by atoms with E-state index >= 15 is 0 Å². The number of amides is 2. The number of hydrogen-bond donors (Lipinski definition) is 1. The highest BCUT2D eigenvalue weighted by molar-refractivity contribution is 5.97. The molecule has 2 aromatic carbocycles. The minimum Gasteiger partial charge on any atom is -0.452 e. The Morgan fingerprint density at radius 1 is 1.18 bits per heavy atom. The van der Waals surface area contributed by atoms with E-state index < -0.39 is 24.3 Å². The Bertz CT molecular complexity index is 909. The molecular formula is C21H19FN2O4. The van der Waals surface area contributed by atoms with Gasteiger partial charge in [-0.15, -0.1) is 0 Å². The maximum absolute atomic E-state index is 13.1. The van der Waals surface area contributed by atoms with E-state index in [9.17, 15) is 18.8 Å². The van der Waals surface area contributed by atoms with E-state index in [1.807, 2.05) is 0 Å². The Morgan fingerprint density at radius 2 is 1.96 bits per heavy atom. The number of esters is 1. The summed E-state index contributed by atoms with van der Waals surface area (Å²) in [6, 6.07) is 12.6. The van der Waals surface area contributed by atoms with Crippen LogP contribution in [0.1, 0.15) is 18.4 Å². The largest absolute Gasteiger partial charge is 0.452 e. The number of carbonyl (C=O) groups excluding carboxylic acids is 3. The number of ether oxygens (including phenoxy) is 1. The minimum absolute atomic E-state index is 0.0926. The van der Waals surface area contributed by atoms with Gasteiger partial charge in [-0.1, -0.05) is 12.1 Å². The number of carbonyl (C=O) groups is 3. The van der Waals surface area contributed by atoms with Crippen LogP contribution in [-0.2, 0) is 19.1 Å². The quantitative estimate of drug-likeness (QED) is 0.615. The second-order valence-corrected chi connectivity index (χ2v) is 6.24. The standard InChI is InChI=1S/C21H19FN2O4/c22-16-4-1-3-15(13-16)6-11-21(27)28-14-19(25)23-17-7-9-18(10-8-17)24-12-2-5-20(24)26/h1,3-4,6-11,13H,2,5,12,14H2,(H,23,25)/b11-6+. The van der Waals surface area contributed by atoms with E-state index in [-0.39, 0.29) is 5.91 Å². The summed E-state index contributed by atoms with van der Waals surface area (Å²) in [5, 5.41) is 2.61. The van der Waals surface area contributed by atoms with Gasteiger partial charge < -0.3 is 15.0 Å². The van der Waals surface area contributed by atoms with E-state index in [0.717, 1.165) is 18.2 Å². The van der Waals surface area contributed by atoms with Gasteiger partial charge in [-0.25, -0.2) is 9.18 Å². The van der Waals surface area contributed by atoms with Crippen molar-refractivity contribution in [2.45, 2.75) is 12.8 Å². The van der Waals surface area contributed by atoms with Crippen molar-refractivity contribution in [1.82, 2.24) is 0 Å². The lowest BCUT2D eigenvalue weighted by atomic mass is 10.2. The van der Waals surface area contributed by atoms with Crippen LogP contribution in [0.5, 0.6) is 0 Å². The summed E-state index contributed by atoms with van der Waals surface area (Å²) in [5.74, 6) is -1.51. The Balaban J connectivity index is 1.46. The van der Waals surface area contributed by atoms with Gasteiger partial charge in [0, 0.05) is 30.4 Å². The number of anilines is 2. The van der Waals surface area contributed by atoms with Gasteiger partial charge in [-0.05, 0) is 54.5 Å². The summed E-state index contributed by atoms with van der Waals surface area (Å²) >= 11 is 0. The first-order chi connectivity index (χ1) is 13.5. The zero-order valence-corrected chi connectivity index (χ0v) is 15.1. The van der Waals surface area contributed by atoms with E-state index in [1.54, 1.807) is 35.2 Å². The minimum atomic E-state index is -0.706. The molecule has 0 aliphatic carbocycles. The average Bonchev–Trinajstić information content (AvgIpc) is 3.11. The van der Waals surface area contributed by atoms with Crippen LogP contribution >= 0.6 is 0 Å². The van der Waals surface area contributed by atoms with Gasteiger partial charge in [-0.2, -0.15) is 0 Å². The summed E-state index contributed by atoms with van der Waals surface area (Å²) in [5.41, 5.74) is 1.83. The number of hydrogen-bond acceptors (Lipinski definition) is 4. The van der Waals surface area contributed by atoms with Gasteiger partial charge in [-0.3, -0.25) is 9.59 Å². The molecule has 7 heteroatoms. The van der Waals surface area contributed by atoms with Crippen molar-refractivity contribution < 1.29 is 23.5 Å². The predicted octanol–water partition coefficient (Wildman–Crippen LogP) is 3.15. The van der Waals surface area contributed by atoms with E-state index in [4.69, 9.17) is 4.74 Å². The first kappa shape index (κ1) is 19.3. The van der Waals surface area contributed by atoms with E-state index in [0.29, 0.717) is 24.2 Å². The molecule has 3 rings (SSSR count). The molecule has 1 heterocycles. The van der Waals surface area contributed by atoms with Crippen LogP contribution in [0.25, 0.3) is 6.08 Å². The highest BCUT2D eigenvalue weighted by Gasteiger charge is 2.21. The number of nitrogens with one attached hydrogen (secondary N) is 1. The van der Waals surface area contributed by atoms with Crippen molar-refractivity contribution in [3.63, 3.8) is 0 Å². The van der Waals surface area contributed by atoms with Crippen molar-refractivity contribution in [3.05, 3.63) is 66.0 Å². The Kier molecular flexibility index (Phi) is 6.16. The summed E-state index contributed by atoms with van der Waals surface area (Å²) < 4.78 is 17.9. The molecule has 28 heavy (non-hydrogen) atoms. The zero-order chi connectivity index (χ0) is 19.9. The maximum atomic E-state index is 13.1. The molecule has 1 aliphatic rings. The van der Waals surface area contributed by atoms with Crippen LogP contribution in [0.2, 0.25) is 0 Å². The van der Waals surface area contributed by atoms with Crippen molar-refractivity contribution in [1.29, 1.82) is 0 Å². The molecule has 1 fully saturated rings. The lowest BCUT2D eigenvalue weighted by Crippen LogP contribution is -2.23. The van der Waals surface area contributed by atoms with Gasteiger partial charge in [0.25, 0.3) is 5.91 Å². The molecule has 2 amide bonds. The number of halogens is 1. The van der Waals surface area contributed by atoms with E-state index in [2.05, 4.69) is 5.32 Å². The Labute approximate surface area is 161 Å². The van der Waals surface area contributed by atoms with Crippen molar-refractivity contribution in [3.8, 4) is 0 Å². The number of benzene rings is 2. The molecule has 1 aliphatic heterocycles. The smallest absolute Gasteiger partial charge is 0.331 e. The molecule has 6 nitrogen and oxygen atoms in total. The molecular weight excluding hydrogens is 363 g/mol. The fraction of sp³-hybridized carbons (Fsp3) is 0.190. The SMILES string of the molecule is O=C(COC(=O)/C=C/c1cccc(F)c1)Nc1ccc(N2CCCC2=O)cc1. The van der Waals surface area contributed by atoms with Crippen LogP contribution in [0.3, 0.4) is 0 Å². The average molecular weight is 382 g/mol. The highest BCUT2D eigenvalue weighted by atomic mass is 19.1.